The van der Waals surface area contributed by atoms with Crippen molar-refractivity contribution in [1.82, 2.24) is 4.57 Å². The van der Waals surface area contributed by atoms with Crippen molar-refractivity contribution >= 4 is 71.2 Å². The molecule has 62 heavy (non-hydrogen) atoms. The lowest BCUT2D eigenvalue weighted by atomic mass is 9.97. The molecule has 2 heteroatoms. The first-order valence-electron chi connectivity index (χ1n) is 21.3. The van der Waals surface area contributed by atoms with Gasteiger partial charge in [-0.25, -0.2) is 0 Å². The van der Waals surface area contributed by atoms with Gasteiger partial charge in [-0.3, -0.25) is 0 Å². The Kier molecular flexibility index (Phi) is 8.53. The summed E-state index contributed by atoms with van der Waals surface area (Å²) >= 11 is 0. The molecular weight excluding hydrogens is 749 g/mol. The molecule has 0 fully saturated rings. The van der Waals surface area contributed by atoms with Gasteiger partial charge in [-0.05, 0) is 115 Å². The minimum absolute atomic E-state index is 1.09. The third kappa shape index (κ3) is 6.04. The van der Waals surface area contributed by atoms with Crippen LogP contribution in [0.4, 0.5) is 17.1 Å². The van der Waals surface area contributed by atoms with Crippen LogP contribution < -0.4 is 4.90 Å². The molecule has 0 amide bonds. The summed E-state index contributed by atoms with van der Waals surface area (Å²) in [6.45, 7) is 0. The SMILES string of the molecule is c1cc(-c2cccc(-n3c4ccccc4c4ccc5ccccc5c43)c2)cc(N(c2ccc(-c3cccc4ccccc34)cc2)c2cccc(-c3cccc4ccccc34)c2)c1. The highest BCUT2D eigenvalue weighted by atomic mass is 15.1. The van der Waals surface area contributed by atoms with Gasteiger partial charge in [0.25, 0.3) is 0 Å². The summed E-state index contributed by atoms with van der Waals surface area (Å²) in [5.41, 5.74) is 14.0. The molecule has 2 nitrogen and oxygen atoms in total. The van der Waals surface area contributed by atoms with Crippen molar-refractivity contribution in [2.24, 2.45) is 0 Å². The Hall–Kier alpha value is -8.20. The molecular formula is C60H40N2. The summed E-state index contributed by atoms with van der Waals surface area (Å²) in [6, 6.07) is 88.5. The summed E-state index contributed by atoms with van der Waals surface area (Å²) in [4.78, 5) is 2.40. The molecule has 0 unspecified atom stereocenters. The lowest BCUT2D eigenvalue weighted by Gasteiger charge is -2.27. The maximum absolute atomic E-state index is 2.45. The summed E-state index contributed by atoms with van der Waals surface area (Å²) in [5.74, 6) is 0. The third-order valence-electron chi connectivity index (χ3n) is 12.5. The standard InChI is InChI=1S/C60H40N2/c1-4-25-52-41(14-1)17-12-29-54(52)44-32-35-48(36-33-44)61(50-23-11-21-47(40-50)55-30-13-18-42-15-2-5-26-53(42)55)49-22-9-19-45(38-49)46-20-10-24-51(39-46)62-59-31-8-7-28-57(59)58-37-34-43-16-3-6-27-56(43)60(58)62/h1-40H. The zero-order valence-electron chi connectivity index (χ0n) is 34.0. The van der Waals surface area contributed by atoms with Gasteiger partial charge >= 0.3 is 0 Å². The fourth-order valence-corrected chi connectivity index (χ4v) is 9.65. The summed E-state index contributed by atoms with van der Waals surface area (Å²) in [7, 11) is 0. The summed E-state index contributed by atoms with van der Waals surface area (Å²) in [6.07, 6.45) is 0. The summed E-state index contributed by atoms with van der Waals surface area (Å²) < 4.78 is 2.45. The Morgan fingerprint density at radius 1 is 0.274 bits per heavy atom. The molecule has 290 valence electrons. The van der Waals surface area contributed by atoms with Crippen molar-refractivity contribution in [3.05, 3.63) is 243 Å². The predicted molar refractivity (Wildman–Crippen MR) is 264 cm³/mol. The Balaban J connectivity index is 1.00. The predicted octanol–water partition coefficient (Wildman–Crippen LogP) is 16.7. The first kappa shape index (κ1) is 35.7. The van der Waals surface area contributed by atoms with Crippen molar-refractivity contribution in [2.75, 3.05) is 4.90 Å². The smallest absolute Gasteiger partial charge is 0.0619 e. The second-order valence-corrected chi connectivity index (χ2v) is 16.1. The van der Waals surface area contributed by atoms with Gasteiger partial charge in [0.15, 0.2) is 0 Å². The minimum Gasteiger partial charge on any atom is -0.310 e. The van der Waals surface area contributed by atoms with Gasteiger partial charge in [-0.15, -0.1) is 0 Å². The van der Waals surface area contributed by atoms with Crippen LogP contribution in [0, 0.1) is 0 Å². The molecule has 0 atom stereocenters. The number of benzene rings is 11. The molecule has 0 saturated heterocycles. The van der Waals surface area contributed by atoms with Crippen LogP contribution in [-0.4, -0.2) is 4.57 Å². The number of rotatable bonds is 7. The van der Waals surface area contributed by atoms with Crippen LogP contribution in [0.25, 0.3) is 93.2 Å². The van der Waals surface area contributed by atoms with Crippen molar-refractivity contribution in [3.8, 4) is 39.1 Å². The molecule has 0 N–H and O–H groups in total. The molecule has 0 bridgehead atoms. The average Bonchev–Trinajstić information content (AvgIpc) is 3.69. The van der Waals surface area contributed by atoms with Crippen LogP contribution in [0.3, 0.4) is 0 Å². The fourth-order valence-electron chi connectivity index (χ4n) is 9.65. The Morgan fingerprint density at radius 3 is 1.47 bits per heavy atom. The molecule has 0 aliphatic carbocycles. The minimum atomic E-state index is 1.09. The molecule has 1 heterocycles. The van der Waals surface area contributed by atoms with E-state index in [9.17, 15) is 0 Å². The fraction of sp³-hybridized carbons (Fsp3) is 0. The van der Waals surface area contributed by atoms with Crippen LogP contribution in [-0.2, 0) is 0 Å². The number of para-hydroxylation sites is 1. The van der Waals surface area contributed by atoms with E-state index in [0.29, 0.717) is 0 Å². The number of anilines is 3. The highest BCUT2D eigenvalue weighted by molar-refractivity contribution is 6.18. The molecule has 1 aromatic heterocycles. The second-order valence-electron chi connectivity index (χ2n) is 16.1. The number of aromatic nitrogens is 1. The van der Waals surface area contributed by atoms with E-state index in [4.69, 9.17) is 0 Å². The number of hydrogen-bond donors (Lipinski definition) is 0. The van der Waals surface area contributed by atoms with E-state index in [-0.39, 0.29) is 0 Å². The maximum Gasteiger partial charge on any atom is 0.0619 e. The zero-order valence-corrected chi connectivity index (χ0v) is 34.0. The molecule has 11 aromatic carbocycles. The Labute approximate surface area is 360 Å². The molecule has 0 saturated carbocycles. The highest BCUT2D eigenvalue weighted by Crippen LogP contribution is 2.42. The van der Waals surface area contributed by atoms with Crippen molar-refractivity contribution < 1.29 is 0 Å². The molecule has 12 aromatic rings. The van der Waals surface area contributed by atoms with E-state index in [1.165, 1.54) is 76.4 Å². The van der Waals surface area contributed by atoms with Crippen molar-refractivity contribution in [2.45, 2.75) is 0 Å². The lowest BCUT2D eigenvalue weighted by molar-refractivity contribution is 1.19. The van der Waals surface area contributed by atoms with E-state index in [1.54, 1.807) is 0 Å². The van der Waals surface area contributed by atoms with Gasteiger partial charge in [-0.2, -0.15) is 0 Å². The van der Waals surface area contributed by atoms with Gasteiger partial charge in [0.2, 0.25) is 0 Å². The van der Waals surface area contributed by atoms with Crippen LogP contribution in [0.15, 0.2) is 243 Å². The normalized spacial score (nSPS) is 11.5. The van der Waals surface area contributed by atoms with Gasteiger partial charge < -0.3 is 9.47 Å². The summed E-state index contributed by atoms with van der Waals surface area (Å²) in [5, 5.41) is 9.99. The van der Waals surface area contributed by atoms with Gasteiger partial charge in [-0.1, -0.05) is 188 Å². The van der Waals surface area contributed by atoms with E-state index in [0.717, 1.165) is 33.9 Å². The molecule has 12 rings (SSSR count). The first-order chi connectivity index (χ1) is 30.7. The van der Waals surface area contributed by atoms with Gasteiger partial charge in [0, 0.05) is 38.9 Å². The van der Waals surface area contributed by atoms with Crippen LogP contribution in [0.1, 0.15) is 0 Å². The van der Waals surface area contributed by atoms with E-state index < -0.39 is 0 Å². The van der Waals surface area contributed by atoms with Crippen molar-refractivity contribution in [1.29, 1.82) is 0 Å². The van der Waals surface area contributed by atoms with Crippen LogP contribution in [0.2, 0.25) is 0 Å². The average molecular weight is 789 g/mol. The van der Waals surface area contributed by atoms with E-state index in [2.05, 4.69) is 252 Å². The third-order valence-corrected chi connectivity index (χ3v) is 12.5. The lowest BCUT2D eigenvalue weighted by Crippen LogP contribution is -2.10. The van der Waals surface area contributed by atoms with Gasteiger partial charge in [0.05, 0.1) is 11.0 Å². The zero-order chi connectivity index (χ0) is 41.0. The molecule has 0 aliphatic rings. The highest BCUT2D eigenvalue weighted by Gasteiger charge is 2.18. The molecule has 0 spiro atoms. The Bertz CT molecular complexity index is 3640. The monoisotopic (exact) mass is 788 g/mol. The number of nitrogens with zero attached hydrogens (tertiary/aromatic N) is 2. The largest absolute Gasteiger partial charge is 0.310 e. The molecule has 0 radical (unpaired) electrons. The van der Waals surface area contributed by atoms with Crippen LogP contribution >= 0.6 is 0 Å². The quantitative estimate of drug-likeness (QED) is 0.156. The maximum atomic E-state index is 2.45. The second kappa shape index (κ2) is 14.8. The van der Waals surface area contributed by atoms with Gasteiger partial charge in [0.1, 0.15) is 0 Å². The van der Waals surface area contributed by atoms with Crippen molar-refractivity contribution in [3.63, 3.8) is 0 Å². The van der Waals surface area contributed by atoms with E-state index in [1.807, 2.05) is 0 Å². The van der Waals surface area contributed by atoms with Crippen LogP contribution in [0.5, 0.6) is 0 Å². The first-order valence-corrected chi connectivity index (χ1v) is 21.3. The number of hydrogen-bond acceptors (Lipinski definition) is 1. The number of fused-ring (bicyclic) bond motifs is 7. The molecule has 0 aliphatic heterocycles. The Morgan fingerprint density at radius 2 is 0.774 bits per heavy atom. The van der Waals surface area contributed by atoms with E-state index >= 15 is 0 Å². The topological polar surface area (TPSA) is 8.17 Å².